The maximum Gasteiger partial charge on any atom is 0.319 e. The van der Waals surface area contributed by atoms with E-state index < -0.39 is 0 Å². The number of aliphatic hydroxyl groups excluding tert-OH is 1. The van der Waals surface area contributed by atoms with Crippen LogP contribution in [0.25, 0.3) is 0 Å². The van der Waals surface area contributed by atoms with Gasteiger partial charge in [-0.1, -0.05) is 0 Å². The largest absolute Gasteiger partial charge is 0.494 e. The molecule has 5 nitrogen and oxygen atoms in total. The van der Waals surface area contributed by atoms with Gasteiger partial charge in [-0.3, -0.25) is 0 Å². The van der Waals surface area contributed by atoms with Crippen LogP contribution in [-0.4, -0.2) is 30.9 Å². The average Bonchev–Trinajstić information content (AvgIpc) is 2.30. The molecule has 0 aliphatic rings. The fourth-order valence-corrected chi connectivity index (χ4v) is 1.37. The van der Waals surface area contributed by atoms with Crippen LogP contribution in [0.4, 0.5) is 10.5 Å². The Balaban J connectivity index is 2.62. The highest BCUT2D eigenvalue weighted by Gasteiger charge is 2.04. The summed E-state index contributed by atoms with van der Waals surface area (Å²) in [5.74, 6) is 0.784. The van der Waals surface area contributed by atoms with Crippen LogP contribution in [0.2, 0.25) is 0 Å². The van der Waals surface area contributed by atoms with Crippen LogP contribution in [0.5, 0.6) is 5.75 Å². The lowest BCUT2D eigenvalue weighted by molar-refractivity contribution is 0.245. The Morgan fingerprint density at radius 3 is 2.82 bits per heavy atom. The number of carbonyl (C=O) groups excluding carboxylic acids is 1. The number of nitrogens with one attached hydrogen (secondary N) is 2. The van der Waals surface area contributed by atoms with Crippen molar-refractivity contribution in [3.63, 3.8) is 0 Å². The molecule has 1 aromatic carbocycles. The molecule has 0 aromatic heterocycles. The van der Waals surface area contributed by atoms with E-state index in [4.69, 9.17) is 9.84 Å². The van der Waals surface area contributed by atoms with Gasteiger partial charge in [0.1, 0.15) is 5.75 Å². The molecule has 0 fully saturated rings. The van der Waals surface area contributed by atoms with Crippen LogP contribution < -0.4 is 15.4 Å². The zero-order valence-corrected chi connectivity index (χ0v) is 10.1. The third-order valence-electron chi connectivity index (χ3n) is 2.15. The first-order valence-electron chi connectivity index (χ1n) is 5.56. The van der Waals surface area contributed by atoms with E-state index in [9.17, 15) is 4.79 Å². The first-order valence-corrected chi connectivity index (χ1v) is 5.56. The van der Waals surface area contributed by atoms with Crippen molar-refractivity contribution in [1.29, 1.82) is 0 Å². The smallest absolute Gasteiger partial charge is 0.319 e. The number of aliphatic hydroxyl groups is 1. The average molecular weight is 238 g/mol. The molecule has 0 heterocycles. The topological polar surface area (TPSA) is 70.6 Å². The molecule has 0 aliphatic carbocycles. The number of amides is 2. The van der Waals surface area contributed by atoms with E-state index in [0.717, 1.165) is 17.0 Å². The maximum absolute atomic E-state index is 11.4. The molecule has 0 unspecified atom stereocenters. The molecule has 0 radical (unpaired) electrons. The summed E-state index contributed by atoms with van der Waals surface area (Å²) in [6.07, 6.45) is 0. The van der Waals surface area contributed by atoms with Crippen LogP contribution in [0.3, 0.4) is 0 Å². The SMILES string of the molecule is CCOc1ccc(NC(=O)NCCO)c(C)c1. The van der Waals surface area contributed by atoms with Crippen LogP contribution in [-0.2, 0) is 0 Å². The molecule has 0 aliphatic heterocycles. The second-order valence-corrected chi connectivity index (χ2v) is 3.51. The molecule has 0 saturated heterocycles. The predicted octanol–water partition coefficient (Wildman–Crippen LogP) is 1.51. The lowest BCUT2D eigenvalue weighted by Crippen LogP contribution is -2.31. The number of hydrogen-bond donors (Lipinski definition) is 3. The van der Waals surface area contributed by atoms with Gasteiger partial charge in [-0.2, -0.15) is 0 Å². The standard InChI is InChI=1S/C12H18N2O3/c1-3-17-10-4-5-11(9(2)8-10)14-12(16)13-6-7-15/h4-5,8,15H,3,6-7H2,1-2H3,(H2,13,14,16). The minimum atomic E-state index is -0.327. The molecule has 0 atom stereocenters. The number of rotatable bonds is 5. The summed E-state index contributed by atoms with van der Waals surface area (Å²) < 4.78 is 5.35. The zero-order valence-electron chi connectivity index (χ0n) is 10.1. The maximum atomic E-state index is 11.4. The minimum Gasteiger partial charge on any atom is -0.494 e. The number of hydrogen-bond acceptors (Lipinski definition) is 3. The van der Waals surface area contributed by atoms with E-state index >= 15 is 0 Å². The first-order chi connectivity index (χ1) is 8.17. The number of aryl methyl sites for hydroxylation is 1. The van der Waals surface area contributed by atoms with Crippen LogP contribution >= 0.6 is 0 Å². The Kier molecular flexibility index (Phi) is 5.29. The Morgan fingerprint density at radius 2 is 2.24 bits per heavy atom. The number of carbonyl (C=O) groups is 1. The van der Waals surface area contributed by atoms with E-state index in [1.54, 1.807) is 12.1 Å². The van der Waals surface area contributed by atoms with Crippen LogP contribution in [0, 0.1) is 6.92 Å². The van der Waals surface area contributed by atoms with Crippen molar-refractivity contribution in [2.24, 2.45) is 0 Å². The number of urea groups is 1. The molecule has 17 heavy (non-hydrogen) atoms. The summed E-state index contributed by atoms with van der Waals surface area (Å²) in [4.78, 5) is 11.4. The van der Waals surface area contributed by atoms with Gasteiger partial charge in [-0.25, -0.2) is 4.79 Å². The summed E-state index contributed by atoms with van der Waals surface area (Å²) in [6, 6.07) is 5.13. The van der Waals surface area contributed by atoms with Crippen molar-refractivity contribution < 1.29 is 14.6 Å². The molecule has 94 valence electrons. The number of benzene rings is 1. The highest BCUT2D eigenvalue weighted by Crippen LogP contribution is 2.21. The summed E-state index contributed by atoms with van der Waals surface area (Å²) in [7, 11) is 0. The fourth-order valence-electron chi connectivity index (χ4n) is 1.37. The summed E-state index contributed by atoms with van der Waals surface area (Å²) in [5, 5.41) is 13.8. The summed E-state index contributed by atoms with van der Waals surface area (Å²) >= 11 is 0. The fraction of sp³-hybridized carbons (Fsp3) is 0.417. The highest BCUT2D eigenvalue weighted by molar-refractivity contribution is 5.90. The lowest BCUT2D eigenvalue weighted by Gasteiger charge is -2.11. The van der Waals surface area contributed by atoms with E-state index in [-0.39, 0.29) is 19.2 Å². The molecule has 5 heteroatoms. The molecule has 0 bridgehead atoms. The van der Waals surface area contributed by atoms with Gasteiger partial charge in [-0.05, 0) is 37.6 Å². The van der Waals surface area contributed by atoms with Crippen molar-refractivity contribution in [2.45, 2.75) is 13.8 Å². The Morgan fingerprint density at radius 1 is 1.47 bits per heavy atom. The normalized spacial score (nSPS) is 9.82. The van der Waals surface area contributed by atoms with Crippen LogP contribution in [0.1, 0.15) is 12.5 Å². The summed E-state index contributed by atoms with van der Waals surface area (Å²) in [6.45, 7) is 4.59. The number of ether oxygens (including phenoxy) is 1. The van der Waals surface area contributed by atoms with Crippen molar-refractivity contribution in [3.8, 4) is 5.75 Å². The highest BCUT2D eigenvalue weighted by atomic mass is 16.5. The monoisotopic (exact) mass is 238 g/mol. The molecule has 0 spiro atoms. The van der Waals surface area contributed by atoms with Crippen molar-refractivity contribution in [1.82, 2.24) is 5.32 Å². The van der Waals surface area contributed by atoms with E-state index in [2.05, 4.69) is 10.6 Å². The van der Waals surface area contributed by atoms with Gasteiger partial charge in [0.05, 0.1) is 13.2 Å². The van der Waals surface area contributed by atoms with Crippen molar-refractivity contribution in [2.75, 3.05) is 25.1 Å². The van der Waals surface area contributed by atoms with Gasteiger partial charge in [0.15, 0.2) is 0 Å². The minimum absolute atomic E-state index is 0.0737. The summed E-state index contributed by atoms with van der Waals surface area (Å²) in [5.41, 5.74) is 1.65. The Labute approximate surface area is 101 Å². The molecule has 3 N–H and O–H groups in total. The van der Waals surface area contributed by atoms with Gasteiger partial charge >= 0.3 is 6.03 Å². The molecular weight excluding hydrogens is 220 g/mol. The lowest BCUT2D eigenvalue weighted by atomic mass is 10.2. The Hall–Kier alpha value is -1.75. The third-order valence-corrected chi connectivity index (χ3v) is 2.15. The molecule has 0 saturated carbocycles. The Bertz CT molecular complexity index is 380. The van der Waals surface area contributed by atoms with E-state index in [1.165, 1.54) is 0 Å². The second kappa shape index (κ2) is 6.75. The van der Waals surface area contributed by atoms with Gasteiger partial charge in [0.2, 0.25) is 0 Å². The number of anilines is 1. The molecule has 2 amide bonds. The predicted molar refractivity (Wildman–Crippen MR) is 66.5 cm³/mol. The van der Waals surface area contributed by atoms with Gasteiger partial charge in [0, 0.05) is 12.2 Å². The third kappa shape index (κ3) is 4.32. The van der Waals surface area contributed by atoms with Gasteiger partial charge in [0.25, 0.3) is 0 Å². The van der Waals surface area contributed by atoms with E-state index in [0.29, 0.717) is 6.61 Å². The van der Waals surface area contributed by atoms with E-state index in [1.807, 2.05) is 19.9 Å². The van der Waals surface area contributed by atoms with Crippen molar-refractivity contribution in [3.05, 3.63) is 23.8 Å². The molecule has 1 aromatic rings. The first kappa shape index (κ1) is 13.3. The molecular formula is C12H18N2O3. The van der Waals surface area contributed by atoms with Gasteiger partial charge in [-0.15, -0.1) is 0 Å². The quantitative estimate of drug-likeness (QED) is 0.728. The van der Waals surface area contributed by atoms with Crippen molar-refractivity contribution >= 4 is 11.7 Å². The van der Waals surface area contributed by atoms with Crippen LogP contribution in [0.15, 0.2) is 18.2 Å². The molecule has 1 rings (SSSR count). The second-order valence-electron chi connectivity index (χ2n) is 3.51. The van der Waals surface area contributed by atoms with Gasteiger partial charge < -0.3 is 20.5 Å². The zero-order chi connectivity index (χ0) is 12.7.